The number of hydrogen-bond acceptors (Lipinski definition) is 3. The van der Waals surface area contributed by atoms with Gasteiger partial charge in [0.1, 0.15) is 0 Å². The summed E-state index contributed by atoms with van der Waals surface area (Å²) in [5.41, 5.74) is 7.93. The van der Waals surface area contributed by atoms with Crippen LogP contribution in [0.25, 0.3) is 0 Å². The molecule has 0 bridgehead atoms. The van der Waals surface area contributed by atoms with Gasteiger partial charge in [0, 0.05) is 11.9 Å². The van der Waals surface area contributed by atoms with Crippen LogP contribution in [0.5, 0.6) is 0 Å². The molecule has 0 heterocycles. The molecule has 1 amide bonds. The zero-order valence-corrected chi connectivity index (χ0v) is 11.8. The maximum absolute atomic E-state index is 12.5. The number of anilines is 2. The highest BCUT2D eigenvalue weighted by Gasteiger charge is 2.17. The van der Waals surface area contributed by atoms with Crippen LogP contribution in [0, 0.1) is 0 Å². The number of nitrogens with zero attached hydrogens (tertiary/aromatic N) is 1. The molecular formula is C15H16N2OS. The second-order valence-corrected chi connectivity index (χ2v) is 4.97. The molecule has 2 aromatic rings. The Morgan fingerprint density at radius 1 is 1.11 bits per heavy atom. The fourth-order valence-electron chi connectivity index (χ4n) is 1.90. The Labute approximate surface area is 117 Å². The van der Waals surface area contributed by atoms with Crippen LogP contribution in [0.2, 0.25) is 0 Å². The van der Waals surface area contributed by atoms with Gasteiger partial charge in [-0.3, -0.25) is 4.79 Å². The summed E-state index contributed by atoms with van der Waals surface area (Å²) >= 11 is 1.56. The van der Waals surface area contributed by atoms with E-state index in [1.54, 1.807) is 29.8 Å². The van der Waals surface area contributed by atoms with Gasteiger partial charge in [-0.15, -0.1) is 11.8 Å². The summed E-state index contributed by atoms with van der Waals surface area (Å²) in [6.07, 6.45) is 1.96. The van der Waals surface area contributed by atoms with E-state index in [4.69, 9.17) is 5.73 Å². The predicted molar refractivity (Wildman–Crippen MR) is 81.8 cm³/mol. The highest BCUT2D eigenvalue weighted by atomic mass is 32.2. The molecule has 0 saturated carbocycles. The van der Waals surface area contributed by atoms with E-state index in [1.807, 2.05) is 48.7 Å². The Balaban J connectivity index is 2.37. The Morgan fingerprint density at radius 3 is 2.42 bits per heavy atom. The number of hydrogen-bond donors (Lipinski definition) is 1. The number of benzene rings is 2. The van der Waals surface area contributed by atoms with E-state index < -0.39 is 0 Å². The van der Waals surface area contributed by atoms with Crippen LogP contribution < -0.4 is 10.6 Å². The monoisotopic (exact) mass is 272 g/mol. The Bertz CT molecular complexity index is 598. The number of rotatable bonds is 3. The minimum atomic E-state index is -0.0529. The smallest absolute Gasteiger partial charge is 0.259 e. The van der Waals surface area contributed by atoms with Gasteiger partial charge in [0.15, 0.2) is 0 Å². The Hall–Kier alpha value is -1.94. The Morgan fingerprint density at radius 2 is 1.74 bits per heavy atom. The molecular weight excluding hydrogens is 256 g/mol. The van der Waals surface area contributed by atoms with Gasteiger partial charge in [-0.2, -0.15) is 0 Å². The molecule has 0 atom stereocenters. The molecule has 0 aromatic heterocycles. The van der Waals surface area contributed by atoms with Gasteiger partial charge in [0.25, 0.3) is 5.91 Å². The van der Waals surface area contributed by atoms with Crippen molar-refractivity contribution in [2.75, 3.05) is 23.9 Å². The lowest BCUT2D eigenvalue weighted by atomic mass is 10.1. The normalized spacial score (nSPS) is 10.2. The van der Waals surface area contributed by atoms with E-state index in [-0.39, 0.29) is 5.91 Å². The van der Waals surface area contributed by atoms with Crippen LogP contribution in [0.4, 0.5) is 11.4 Å². The average molecular weight is 272 g/mol. The van der Waals surface area contributed by atoms with Gasteiger partial charge < -0.3 is 10.6 Å². The fraction of sp³-hybridized carbons (Fsp3) is 0.133. The first kappa shape index (κ1) is 13.5. The van der Waals surface area contributed by atoms with E-state index in [2.05, 4.69) is 0 Å². The minimum absolute atomic E-state index is 0.0529. The first-order valence-corrected chi connectivity index (χ1v) is 7.13. The first-order valence-electron chi connectivity index (χ1n) is 5.90. The molecule has 19 heavy (non-hydrogen) atoms. The lowest BCUT2D eigenvalue weighted by Gasteiger charge is -2.20. The molecule has 0 aliphatic carbocycles. The quantitative estimate of drug-likeness (QED) is 0.689. The van der Waals surface area contributed by atoms with Crippen LogP contribution in [0.15, 0.2) is 53.4 Å². The number of carbonyl (C=O) groups excluding carboxylic acids is 1. The number of amides is 1. The van der Waals surface area contributed by atoms with Crippen molar-refractivity contribution in [2.24, 2.45) is 0 Å². The summed E-state index contributed by atoms with van der Waals surface area (Å²) in [4.78, 5) is 15.1. The van der Waals surface area contributed by atoms with Gasteiger partial charge in [0.2, 0.25) is 0 Å². The average Bonchev–Trinajstić information content (AvgIpc) is 2.46. The van der Waals surface area contributed by atoms with Crippen molar-refractivity contribution in [1.82, 2.24) is 0 Å². The number of carbonyl (C=O) groups is 1. The zero-order chi connectivity index (χ0) is 13.8. The van der Waals surface area contributed by atoms with Crippen LogP contribution in [0.3, 0.4) is 0 Å². The largest absolute Gasteiger partial charge is 0.397 e. The van der Waals surface area contributed by atoms with Crippen molar-refractivity contribution in [2.45, 2.75) is 4.90 Å². The van der Waals surface area contributed by atoms with Crippen molar-refractivity contribution in [1.29, 1.82) is 0 Å². The highest BCUT2D eigenvalue weighted by molar-refractivity contribution is 7.98. The summed E-state index contributed by atoms with van der Waals surface area (Å²) in [5.74, 6) is -0.0529. The predicted octanol–water partition coefficient (Wildman–Crippen LogP) is 3.27. The first-order chi connectivity index (χ1) is 9.15. The number of nitrogen functional groups attached to an aromatic ring is 1. The van der Waals surface area contributed by atoms with E-state index in [1.165, 1.54) is 0 Å². The molecule has 98 valence electrons. The third kappa shape index (κ3) is 2.74. The Kier molecular flexibility index (Phi) is 4.12. The van der Waals surface area contributed by atoms with Crippen molar-refractivity contribution < 1.29 is 4.79 Å². The number of thioether (sulfide) groups is 1. The second-order valence-electron chi connectivity index (χ2n) is 4.12. The summed E-state index contributed by atoms with van der Waals surface area (Å²) in [6.45, 7) is 0. The van der Waals surface area contributed by atoms with E-state index in [9.17, 15) is 4.79 Å². The molecule has 2 aromatic carbocycles. The van der Waals surface area contributed by atoms with E-state index in [0.29, 0.717) is 11.3 Å². The van der Waals surface area contributed by atoms with Gasteiger partial charge >= 0.3 is 0 Å². The second kappa shape index (κ2) is 5.80. The van der Waals surface area contributed by atoms with Crippen LogP contribution >= 0.6 is 11.8 Å². The lowest BCUT2D eigenvalue weighted by Crippen LogP contribution is -2.27. The van der Waals surface area contributed by atoms with Crippen LogP contribution in [0.1, 0.15) is 10.4 Å². The van der Waals surface area contributed by atoms with Gasteiger partial charge in [-0.05, 0) is 30.5 Å². The molecule has 2 rings (SSSR count). The van der Waals surface area contributed by atoms with Crippen molar-refractivity contribution in [3.63, 3.8) is 0 Å². The molecule has 2 N–H and O–H groups in total. The summed E-state index contributed by atoms with van der Waals surface area (Å²) in [6, 6.07) is 14.9. The van der Waals surface area contributed by atoms with Crippen LogP contribution in [-0.2, 0) is 0 Å². The van der Waals surface area contributed by atoms with Crippen LogP contribution in [-0.4, -0.2) is 19.2 Å². The molecule has 0 aliphatic heterocycles. The molecule has 4 heteroatoms. The lowest BCUT2D eigenvalue weighted by molar-refractivity contribution is 0.0990. The maximum atomic E-state index is 12.5. The third-order valence-electron chi connectivity index (χ3n) is 2.94. The maximum Gasteiger partial charge on any atom is 0.259 e. The van der Waals surface area contributed by atoms with Gasteiger partial charge in [-0.1, -0.05) is 24.3 Å². The standard InChI is InChI=1S/C15H16N2OS/c1-17(13-9-5-4-8-12(13)16)15(18)11-7-3-6-10-14(11)19-2/h3-10H,16H2,1-2H3. The van der Waals surface area contributed by atoms with Crippen molar-refractivity contribution in [3.8, 4) is 0 Å². The van der Waals surface area contributed by atoms with E-state index in [0.717, 1.165) is 10.6 Å². The topological polar surface area (TPSA) is 46.3 Å². The minimum Gasteiger partial charge on any atom is -0.397 e. The summed E-state index contributed by atoms with van der Waals surface area (Å²) in [5, 5.41) is 0. The fourth-order valence-corrected chi connectivity index (χ4v) is 2.49. The molecule has 0 aliphatic rings. The molecule has 0 radical (unpaired) electrons. The third-order valence-corrected chi connectivity index (χ3v) is 3.74. The van der Waals surface area contributed by atoms with Crippen molar-refractivity contribution in [3.05, 3.63) is 54.1 Å². The zero-order valence-electron chi connectivity index (χ0n) is 11.0. The van der Waals surface area contributed by atoms with Gasteiger partial charge in [0.05, 0.1) is 16.9 Å². The molecule has 0 fully saturated rings. The summed E-state index contributed by atoms with van der Waals surface area (Å²) < 4.78 is 0. The molecule has 0 saturated heterocycles. The summed E-state index contributed by atoms with van der Waals surface area (Å²) in [7, 11) is 1.74. The molecule has 0 unspecified atom stereocenters. The molecule has 0 spiro atoms. The van der Waals surface area contributed by atoms with Crippen molar-refractivity contribution >= 4 is 29.0 Å². The van der Waals surface area contributed by atoms with Gasteiger partial charge in [-0.25, -0.2) is 0 Å². The SMILES string of the molecule is CSc1ccccc1C(=O)N(C)c1ccccc1N. The van der Waals surface area contributed by atoms with E-state index >= 15 is 0 Å². The number of nitrogens with two attached hydrogens (primary N) is 1. The molecule has 3 nitrogen and oxygen atoms in total. The highest BCUT2D eigenvalue weighted by Crippen LogP contribution is 2.26. The number of para-hydroxylation sites is 2.